The first kappa shape index (κ1) is 13.5. The van der Waals surface area contributed by atoms with Gasteiger partial charge in [-0.1, -0.05) is 0 Å². The molecule has 1 atom stereocenters. The lowest BCUT2D eigenvalue weighted by Gasteiger charge is -2.50. The van der Waals surface area contributed by atoms with Gasteiger partial charge in [-0.25, -0.2) is 0 Å². The Labute approximate surface area is 93.4 Å². The molecule has 3 heteroatoms. The lowest BCUT2D eigenvalue weighted by Crippen LogP contribution is -3.00. The maximum atomic E-state index is 5.84. The third-order valence-corrected chi connectivity index (χ3v) is 3.97. The third kappa shape index (κ3) is 2.74. The highest BCUT2D eigenvalue weighted by Crippen LogP contribution is 2.34. The van der Waals surface area contributed by atoms with Crippen molar-refractivity contribution in [2.75, 3.05) is 26.5 Å². The van der Waals surface area contributed by atoms with Crippen LogP contribution in [0.15, 0.2) is 0 Å². The molecule has 1 heterocycles. The van der Waals surface area contributed by atoms with Gasteiger partial charge in [-0.3, -0.25) is 0 Å². The van der Waals surface area contributed by atoms with Crippen molar-refractivity contribution in [3.63, 3.8) is 0 Å². The van der Waals surface area contributed by atoms with Crippen LogP contribution in [-0.4, -0.2) is 36.5 Å². The van der Waals surface area contributed by atoms with Crippen molar-refractivity contribution < 1.29 is 16.9 Å². The fourth-order valence-corrected chi connectivity index (χ4v) is 2.62. The average molecular weight is 226 g/mol. The molecule has 13 heavy (non-hydrogen) atoms. The van der Waals surface area contributed by atoms with Crippen molar-refractivity contribution in [3.8, 4) is 0 Å². The number of likely N-dealkylation sites (tertiary alicyclic amines) is 1. The molecular weight excluding hydrogens is 205 g/mol. The molecule has 0 spiro atoms. The molecule has 0 aromatic heterocycles. The predicted octanol–water partition coefficient (Wildman–Crippen LogP) is -0.362. The summed E-state index contributed by atoms with van der Waals surface area (Å²) in [6.45, 7) is 3.70. The number of alkyl halides is 1. The van der Waals surface area contributed by atoms with Crippen LogP contribution < -0.4 is 12.4 Å². The van der Waals surface area contributed by atoms with E-state index >= 15 is 0 Å². The molecule has 0 saturated carbocycles. The van der Waals surface area contributed by atoms with Gasteiger partial charge in [0.25, 0.3) is 0 Å². The Bertz CT molecular complexity index is 155. The van der Waals surface area contributed by atoms with E-state index in [0.29, 0.717) is 5.54 Å². The molecule has 1 unspecified atom stereocenters. The standard InChI is InChI=1S/C10H21ClN.ClH/c1-10(7-8-11)6-4-5-9-12(10,2)3;/h4-9H2,1-3H3;1H/q+1;/p-1. The maximum absolute atomic E-state index is 5.84. The van der Waals surface area contributed by atoms with Crippen molar-refractivity contribution in [2.45, 2.75) is 38.1 Å². The summed E-state index contributed by atoms with van der Waals surface area (Å²) in [5, 5.41) is 0. The normalized spacial score (nSPS) is 32.3. The minimum atomic E-state index is 0. The Morgan fingerprint density at radius 1 is 1.31 bits per heavy atom. The van der Waals surface area contributed by atoms with E-state index in [9.17, 15) is 0 Å². The summed E-state index contributed by atoms with van der Waals surface area (Å²) in [5.74, 6) is 0.804. The summed E-state index contributed by atoms with van der Waals surface area (Å²) in [6.07, 6.45) is 5.26. The zero-order valence-electron chi connectivity index (χ0n) is 8.95. The van der Waals surface area contributed by atoms with E-state index < -0.39 is 0 Å². The fraction of sp³-hybridized carbons (Fsp3) is 1.00. The summed E-state index contributed by atoms with van der Waals surface area (Å²) in [4.78, 5) is 0. The van der Waals surface area contributed by atoms with Gasteiger partial charge in [0.05, 0.1) is 26.2 Å². The molecule has 0 bridgehead atoms. The van der Waals surface area contributed by atoms with Crippen molar-refractivity contribution in [1.29, 1.82) is 0 Å². The molecule has 1 nitrogen and oxygen atoms in total. The Balaban J connectivity index is 0.00000144. The minimum Gasteiger partial charge on any atom is -1.00 e. The van der Waals surface area contributed by atoms with Crippen LogP contribution in [0.3, 0.4) is 0 Å². The molecule has 1 rings (SSSR count). The molecule has 0 radical (unpaired) electrons. The summed E-state index contributed by atoms with van der Waals surface area (Å²) in [5.41, 5.74) is 0.431. The van der Waals surface area contributed by atoms with Gasteiger partial charge in [-0.05, 0) is 19.8 Å². The Morgan fingerprint density at radius 3 is 2.38 bits per heavy atom. The van der Waals surface area contributed by atoms with Crippen molar-refractivity contribution >= 4 is 11.6 Å². The second-order valence-corrected chi connectivity index (χ2v) is 5.18. The molecule has 0 aromatic carbocycles. The van der Waals surface area contributed by atoms with E-state index in [-0.39, 0.29) is 12.4 Å². The van der Waals surface area contributed by atoms with Gasteiger partial charge in [-0.15, -0.1) is 11.6 Å². The number of rotatable bonds is 2. The average Bonchev–Trinajstić information content (AvgIpc) is 1.96. The van der Waals surface area contributed by atoms with Crippen molar-refractivity contribution in [3.05, 3.63) is 0 Å². The third-order valence-electron chi connectivity index (χ3n) is 3.78. The lowest BCUT2D eigenvalue weighted by molar-refractivity contribution is -0.945. The van der Waals surface area contributed by atoms with Gasteiger partial charge in [0.2, 0.25) is 0 Å². The first-order valence-electron chi connectivity index (χ1n) is 4.91. The predicted molar refractivity (Wildman–Crippen MR) is 54.6 cm³/mol. The smallest absolute Gasteiger partial charge is 0.0971 e. The van der Waals surface area contributed by atoms with Gasteiger partial charge in [0.15, 0.2) is 0 Å². The Morgan fingerprint density at radius 2 is 1.92 bits per heavy atom. The molecule has 0 amide bonds. The van der Waals surface area contributed by atoms with Gasteiger partial charge in [0.1, 0.15) is 0 Å². The molecule has 0 aromatic rings. The maximum Gasteiger partial charge on any atom is 0.0971 e. The topological polar surface area (TPSA) is 0 Å². The van der Waals surface area contributed by atoms with Crippen molar-refractivity contribution in [1.82, 2.24) is 0 Å². The summed E-state index contributed by atoms with van der Waals surface area (Å²) >= 11 is 5.84. The van der Waals surface area contributed by atoms with Gasteiger partial charge in [-0.2, -0.15) is 0 Å². The van der Waals surface area contributed by atoms with E-state index in [1.807, 2.05) is 0 Å². The van der Waals surface area contributed by atoms with E-state index in [2.05, 4.69) is 21.0 Å². The SMILES string of the molecule is CC1(CCCl)CCCC[N+]1(C)C.[Cl-]. The first-order chi connectivity index (χ1) is 5.52. The zero-order chi connectivity index (χ0) is 9.24. The van der Waals surface area contributed by atoms with Crippen LogP contribution in [0.5, 0.6) is 0 Å². The van der Waals surface area contributed by atoms with E-state index in [1.165, 1.54) is 25.8 Å². The quantitative estimate of drug-likeness (QED) is 0.445. The number of nitrogens with zero attached hydrogens (tertiary/aromatic N) is 1. The molecule has 0 N–H and O–H groups in total. The van der Waals surface area contributed by atoms with Crippen LogP contribution >= 0.6 is 11.6 Å². The van der Waals surface area contributed by atoms with Crippen LogP contribution in [0.25, 0.3) is 0 Å². The molecule has 1 aliphatic rings. The number of halogens is 2. The molecule has 1 fully saturated rings. The minimum absolute atomic E-state index is 0. The monoisotopic (exact) mass is 225 g/mol. The number of hydrogen-bond acceptors (Lipinski definition) is 0. The van der Waals surface area contributed by atoms with Crippen LogP contribution in [0, 0.1) is 0 Å². The van der Waals surface area contributed by atoms with Crippen LogP contribution in [0.4, 0.5) is 0 Å². The second-order valence-electron chi connectivity index (χ2n) is 4.80. The lowest BCUT2D eigenvalue weighted by atomic mass is 9.84. The van der Waals surface area contributed by atoms with Gasteiger partial charge in [0, 0.05) is 18.7 Å². The van der Waals surface area contributed by atoms with E-state index in [1.54, 1.807) is 0 Å². The number of piperidine rings is 1. The summed E-state index contributed by atoms with van der Waals surface area (Å²) in [6, 6.07) is 0. The molecule has 1 saturated heterocycles. The summed E-state index contributed by atoms with van der Waals surface area (Å²) < 4.78 is 1.15. The first-order valence-corrected chi connectivity index (χ1v) is 5.44. The highest BCUT2D eigenvalue weighted by Gasteiger charge is 2.42. The van der Waals surface area contributed by atoms with Crippen LogP contribution in [-0.2, 0) is 0 Å². The fourth-order valence-electron chi connectivity index (χ4n) is 2.22. The molecule has 0 aliphatic carbocycles. The number of hydrogen-bond donors (Lipinski definition) is 0. The highest BCUT2D eigenvalue weighted by atomic mass is 35.5. The van der Waals surface area contributed by atoms with Gasteiger partial charge >= 0.3 is 0 Å². The molecule has 80 valence electrons. The highest BCUT2D eigenvalue weighted by molar-refractivity contribution is 6.17. The van der Waals surface area contributed by atoms with Crippen molar-refractivity contribution in [2.24, 2.45) is 0 Å². The largest absolute Gasteiger partial charge is 1.00 e. The zero-order valence-corrected chi connectivity index (χ0v) is 10.5. The summed E-state index contributed by atoms with van der Waals surface area (Å²) in [7, 11) is 4.68. The molecular formula is C10H21Cl2N. The Hall–Kier alpha value is 0.540. The van der Waals surface area contributed by atoms with E-state index in [0.717, 1.165) is 16.8 Å². The number of quaternary nitrogens is 1. The second kappa shape index (κ2) is 4.86. The van der Waals surface area contributed by atoms with Crippen LogP contribution in [0.2, 0.25) is 0 Å². The van der Waals surface area contributed by atoms with Gasteiger partial charge < -0.3 is 16.9 Å². The Kier molecular flexibility index (Phi) is 5.06. The van der Waals surface area contributed by atoms with E-state index in [4.69, 9.17) is 11.6 Å². The molecule has 1 aliphatic heterocycles. The van der Waals surface area contributed by atoms with Crippen LogP contribution in [0.1, 0.15) is 32.6 Å².